The van der Waals surface area contributed by atoms with Gasteiger partial charge in [-0.3, -0.25) is 4.79 Å². The molecule has 1 aromatic rings. The molecule has 1 N–H and O–H groups in total. The predicted molar refractivity (Wildman–Crippen MR) is 60.6 cm³/mol. The van der Waals surface area contributed by atoms with E-state index in [0.29, 0.717) is 6.29 Å². The molecule has 0 aliphatic carbocycles. The van der Waals surface area contributed by atoms with E-state index >= 15 is 0 Å². The second-order valence-corrected chi connectivity index (χ2v) is 3.20. The third-order valence-electron chi connectivity index (χ3n) is 1.72. The molecule has 1 heterocycles. The van der Waals surface area contributed by atoms with E-state index < -0.39 is 4.92 Å². The molecule has 0 fully saturated rings. The number of rotatable bonds is 3. The Hall–Kier alpha value is -2.25. The van der Waals surface area contributed by atoms with Crippen LogP contribution in [-0.2, 0) is 0 Å². The highest BCUT2D eigenvalue weighted by molar-refractivity contribution is 5.72. The molecule has 1 aromatic heterocycles. The largest absolute Gasteiger partial charge is 0.435 e. The second kappa shape index (κ2) is 7.09. The molecule has 8 heteroatoms. The van der Waals surface area contributed by atoms with Gasteiger partial charge in [0.25, 0.3) is 0 Å². The second-order valence-electron chi connectivity index (χ2n) is 3.20. The molecular weight excluding hydrogens is 228 g/mol. The maximum Gasteiger partial charge on any atom is 0.435 e. The van der Waals surface area contributed by atoms with Crippen LogP contribution in [0.1, 0.15) is 37.3 Å². The number of imidazole rings is 1. The first-order valence-corrected chi connectivity index (χ1v) is 4.78. The highest BCUT2D eigenvalue weighted by Crippen LogP contribution is 2.17. The number of carbonyl (C=O) groups excluding carboxylic acids is 1. The Morgan fingerprint density at radius 1 is 1.65 bits per heavy atom. The van der Waals surface area contributed by atoms with Gasteiger partial charge in [-0.15, -0.1) is 5.16 Å². The number of hydrogen-bond acceptors (Lipinski definition) is 6. The van der Waals surface area contributed by atoms with Gasteiger partial charge in [-0.25, -0.2) is 4.57 Å². The minimum atomic E-state index is -0.604. The van der Waals surface area contributed by atoms with Crippen molar-refractivity contribution < 1.29 is 14.9 Å². The number of hydrogen-bond donors (Lipinski definition) is 1. The summed E-state index contributed by atoms with van der Waals surface area (Å²) in [6.45, 7) is 5.14. The summed E-state index contributed by atoms with van der Waals surface area (Å²) in [5.41, 5.74) is 0.224. The number of carbonyl (C=O) groups is 1. The summed E-state index contributed by atoms with van der Waals surface area (Å²) in [5, 5.41) is 20.5. The van der Waals surface area contributed by atoms with Gasteiger partial charge < -0.3 is 15.3 Å². The number of aromatic nitrogens is 2. The Kier molecular flexibility index (Phi) is 6.16. The maximum absolute atomic E-state index is 10.5. The van der Waals surface area contributed by atoms with Gasteiger partial charge >= 0.3 is 5.95 Å². The molecule has 0 saturated heterocycles. The Morgan fingerprint density at radius 3 is 2.47 bits per heavy atom. The molecule has 0 aliphatic heterocycles. The topological polar surface area (TPSA) is 111 Å². The van der Waals surface area contributed by atoms with Crippen LogP contribution in [0.2, 0.25) is 0 Å². The summed E-state index contributed by atoms with van der Waals surface area (Å²) in [7, 11) is 0. The van der Waals surface area contributed by atoms with Gasteiger partial charge in [-0.05, 0) is 25.7 Å². The van der Waals surface area contributed by atoms with Crippen molar-refractivity contribution in [3.05, 3.63) is 22.0 Å². The zero-order valence-corrected chi connectivity index (χ0v) is 9.77. The fraction of sp³-hybridized carbons (Fsp3) is 0.444. The SMILES string of the molecule is CC(C)n1c(C=O)cnc1[N+](=O)[O-].CC=NO. The molecule has 0 bridgehead atoms. The molecule has 0 aromatic carbocycles. The standard InChI is InChI=1S/C7H9N3O3.C2H5NO/c1-5(2)9-6(4-11)3-8-7(9)10(12)13;1-2-3-4/h3-5H,1-2H3;2,4H,1H3. The lowest BCUT2D eigenvalue weighted by Crippen LogP contribution is -2.08. The number of nitrogens with zero attached hydrogens (tertiary/aromatic N) is 4. The summed E-state index contributed by atoms with van der Waals surface area (Å²) >= 11 is 0. The summed E-state index contributed by atoms with van der Waals surface area (Å²) < 4.78 is 1.28. The van der Waals surface area contributed by atoms with E-state index in [2.05, 4.69) is 10.1 Å². The van der Waals surface area contributed by atoms with Crippen LogP contribution in [0, 0.1) is 10.1 Å². The van der Waals surface area contributed by atoms with E-state index in [-0.39, 0.29) is 17.7 Å². The van der Waals surface area contributed by atoms with Crippen LogP contribution >= 0.6 is 0 Å². The minimum Gasteiger partial charge on any atom is -0.411 e. The van der Waals surface area contributed by atoms with Gasteiger partial charge in [0.05, 0.1) is 6.04 Å². The van der Waals surface area contributed by atoms with E-state index in [1.807, 2.05) is 0 Å². The fourth-order valence-electron chi connectivity index (χ4n) is 1.12. The van der Waals surface area contributed by atoms with Crippen LogP contribution in [0.15, 0.2) is 11.4 Å². The Balaban J connectivity index is 0.000000557. The Bertz CT molecular complexity index is 407. The highest BCUT2D eigenvalue weighted by Gasteiger charge is 2.22. The lowest BCUT2D eigenvalue weighted by Gasteiger charge is -2.05. The van der Waals surface area contributed by atoms with Gasteiger partial charge in [-0.1, -0.05) is 4.98 Å². The van der Waals surface area contributed by atoms with Crippen molar-refractivity contribution in [1.82, 2.24) is 9.55 Å². The smallest absolute Gasteiger partial charge is 0.411 e. The van der Waals surface area contributed by atoms with E-state index in [1.54, 1.807) is 20.8 Å². The van der Waals surface area contributed by atoms with Crippen LogP contribution in [0.25, 0.3) is 0 Å². The number of oxime groups is 1. The van der Waals surface area contributed by atoms with Crippen molar-refractivity contribution in [2.75, 3.05) is 0 Å². The molecule has 17 heavy (non-hydrogen) atoms. The summed E-state index contributed by atoms with van der Waals surface area (Å²) in [6.07, 6.45) is 3.06. The van der Waals surface area contributed by atoms with E-state index in [1.165, 1.54) is 17.0 Å². The molecule has 0 amide bonds. The summed E-state index contributed by atoms with van der Waals surface area (Å²) in [4.78, 5) is 23.9. The van der Waals surface area contributed by atoms with Crippen molar-refractivity contribution in [3.8, 4) is 0 Å². The predicted octanol–water partition coefficient (Wildman–Crippen LogP) is 1.65. The summed E-state index contributed by atoms with van der Waals surface area (Å²) in [5.74, 6) is -0.294. The number of aldehydes is 1. The number of nitro groups is 1. The van der Waals surface area contributed by atoms with Crippen molar-refractivity contribution in [2.45, 2.75) is 26.8 Å². The summed E-state index contributed by atoms with van der Waals surface area (Å²) in [6, 6.07) is -0.150. The first-order valence-electron chi connectivity index (χ1n) is 4.78. The van der Waals surface area contributed by atoms with E-state index in [0.717, 1.165) is 0 Å². The van der Waals surface area contributed by atoms with Crippen LogP contribution in [-0.4, -0.2) is 32.2 Å². The van der Waals surface area contributed by atoms with Gasteiger partial charge in [0, 0.05) is 6.21 Å². The first kappa shape index (κ1) is 14.8. The molecular formula is C9H14N4O4. The quantitative estimate of drug-likeness (QED) is 0.285. The van der Waals surface area contributed by atoms with Crippen LogP contribution in [0.5, 0.6) is 0 Å². The van der Waals surface area contributed by atoms with Crippen molar-refractivity contribution in [3.63, 3.8) is 0 Å². The van der Waals surface area contributed by atoms with Crippen LogP contribution < -0.4 is 0 Å². The van der Waals surface area contributed by atoms with E-state index in [9.17, 15) is 14.9 Å². The van der Waals surface area contributed by atoms with Crippen molar-refractivity contribution >= 4 is 18.4 Å². The molecule has 8 nitrogen and oxygen atoms in total. The van der Waals surface area contributed by atoms with Crippen molar-refractivity contribution in [1.29, 1.82) is 0 Å². The molecule has 0 unspecified atom stereocenters. The molecule has 0 radical (unpaired) electrons. The molecule has 0 spiro atoms. The average Bonchev–Trinajstić information content (AvgIpc) is 2.73. The normalized spacial score (nSPS) is 10.1. The lowest BCUT2D eigenvalue weighted by atomic mass is 10.3. The monoisotopic (exact) mass is 242 g/mol. The van der Waals surface area contributed by atoms with Gasteiger partial charge in [-0.2, -0.15) is 0 Å². The highest BCUT2D eigenvalue weighted by atomic mass is 16.6. The Morgan fingerprint density at radius 2 is 2.18 bits per heavy atom. The van der Waals surface area contributed by atoms with Gasteiger partial charge in [0.1, 0.15) is 6.20 Å². The van der Waals surface area contributed by atoms with Crippen LogP contribution in [0.3, 0.4) is 0 Å². The van der Waals surface area contributed by atoms with E-state index in [4.69, 9.17) is 5.21 Å². The zero-order chi connectivity index (χ0) is 13.4. The lowest BCUT2D eigenvalue weighted by molar-refractivity contribution is -0.397. The molecule has 0 saturated carbocycles. The molecule has 94 valence electrons. The van der Waals surface area contributed by atoms with Crippen LogP contribution in [0.4, 0.5) is 5.95 Å². The average molecular weight is 242 g/mol. The molecule has 0 atom stereocenters. The molecule has 0 aliphatic rings. The fourth-order valence-corrected chi connectivity index (χ4v) is 1.12. The third-order valence-corrected chi connectivity index (χ3v) is 1.72. The van der Waals surface area contributed by atoms with Gasteiger partial charge in [0.15, 0.2) is 12.0 Å². The zero-order valence-electron chi connectivity index (χ0n) is 9.77. The Labute approximate surface area is 97.7 Å². The first-order chi connectivity index (χ1) is 7.99. The van der Waals surface area contributed by atoms with Crippen molar-refractivity contribution in [2.24, 2.45) is 5.16 Å². The maximum atomic E-state index is 10.5. The minimum absolute atomic E-state index is 0.150. The third kappa shape index (κ3) is 4.01. The van der Waals surface area contributed by atoms with Gasteiger partial charge in [0.2, 0.25) is 0 Å². The molecule has 1 rings (SSSR count).